The monoisotopic (exact) mass is 305 g/mol. The van der Waals surface area contributed by atoms with Crippen LogP contribution in [0.5, 0.6) is 0 Å². The number of thioether (sulfide) groups is 1. The predicted octanol–water partition coefficient (Wildman–Crippen LogP) is 2.69. The molecule has 0 bridgehead atoms. The highest BCUT2D eigenvalue weighted by Crippen LogP contribution is 2.25. The van der Waals surface area contributed by atoms with E-state index in [-0.39, 0.29) is 0 Å². The molecule has 5 nitrogen and oxygen atoms in total. The Balaban J connectivity index is 1.85. The number of rotatable bonds is 7. The van der Waals surface area contributed by atoms with Gasteiger partial charge in [-0.2, -0.15) is 0 Å². The molecule has 0 aliphatic heterocycles. The Bertz CT molecular complexity index is 626. The number of aromatic nitrogens is 2. The van der Waals surface area contributed by atoms with E-state index in [1.807, 2.05) is 24.3 Å². The quantitative estimate of drug-likeness (QED) is 0.464. The zero-order valence-corrected chi connectivity index (χ0v) is 12.8. The molecule has 0 aliphatic carbocycles. The number of carboxylic acids is 1. The summed E-state index contributed by atoms with van der Waals surface area (Å²) in [5, 5.41) is 11.0. The highest BCUT2D eigenvalue weighted by atomic mass is 32.2. The molecular weight excluding hydrogens is 286 g/mol. The molecular formula is C15H19N3O2S. The lowest BCUT2D eigenvalue weighted by atomic mass is 9.97. The van der Waals surface area contributed by atoms with E-state index in [0.29, 0.717) is 6.42 Å². The topological polar surface area (TPSA) is 89.1 Å². The van der Waals surface area contributed by atoms with Gasteiger partial charge >= 0.3 is 5.97 Å². The first kappa shape index (κ1) is 15.7. The van der Waals surface area contributed by atoms with Crippen LogP contribution in [0.25, 0.3) is 10.9 Å². The van der Waals surface area contributed by atoms with Crippen molar-refractivity contribution in [3.05, 3.63) is 30.6 Å². The van der Waals surface area contributed by atoms with Crippen molar-refractivity contribution in [1.82, 2.24) is 9.97 Å². The Kier molecular flexibility index (Phi) is 5.14. The first-order chi connectivity index (χ1) is 10.0. The second-order valence-corrected chi connectivity index (χ2v) is 6.31. The molecule has 3 N–H and O–H groups in total. The fourth-order valence-corrected chi connectivity index (χ4v) is 2.96. The van der Waals surface area contributed by atoms with Gasteiger partial charge in [-0.05, 0) is 31.6 Å². The van der Waals surface area contributed by atoms with E-state index in [4.69, 9.17) is 10.8 Å². The number of para-hydroxylation sites is 1. The summed E-state index contributed by atoms with van der Waals surface area (Å²) in [6.45, 7) is 1.56. The van der Waals surface area contributed by atoms with Crippen LogP contribution in [0.4, 0.5) is 0 Å². The summed E-state index contributed by atoms with van der Waals surface area (Å²) in [6, 6.07) is 7.91. The van der Waals surface area contributed by atoms with Crippen LogP contribution in [-0.2, 0) is 4.79 Å². The predicted molar refractivity (Wildman–Crippen MR) is 84.3 cm³/mol. The second kappa shape index (κ2) is 6.87. The lowest BCUT2D eigenvalue weighted by molar-refractivity contribution is -0.142. The largest absolute Gasteiger partial charge is 0.480 e. The highest BCUT2D eigenvalue weighted by Gasteiger charge is 2.26. The molecule has 0 aliphatic rings. The molecule has 6 heteroatoms. The first-order valence-electron chi connectivity index (χ1n) is 6.85. The van der Waals surface area contributed by atoms with Crippen molar-refractivity contribution in [2.24, 2.45) is 5.73 Å². The van der Waals surface area contributed by atoms with E-state index in [1.54, 1.807) is 25.0 Å². The normalized spacial score (nSPS) is 14.0. The molecule has 2 rings (SSSR count). The molecule has 1 aromatic heterocycles. The van der Waals surface area contributed by atoms with Gasteiger partial charge in [-0.15, -0.1) is 11.8 Å². The molecule has 0 saturated carbocycles. The van der Waals surface area contributed by atoms with Crippen molar-refractivity contribution >= 4 is 28.6 Å². The van der Waals surface area contributed by atoms with Gasteiger partial charge in [0.15, 0.2) is 0 Å². The fraction of sp³-hybridized carbons (Fsp3) is 0.400. The third-order valence-corrected chi connectivity index (χ3v) is 4.42. The van der Waals surface area contributed by atoms with Crippen molar-refractivity contribution < 1.29 is 9.90 Å². The number of benzene rings is 1. The molecule has 1 atom stereocenters. The van der Waals surface area contributed by atoms with Crippen LogP contribution < -0.4 is 5.73 Å². The van der Waals surface area contributed by atoms with Crippen molar-refractivity contribution in [3.8, 4) is 0 Å². The van der Waals surface area contributed by atoms with E-state index in [2.05, 4.69) is 9.97 Å². The van der Waals surface area contributed by atoms with Crippen molar-refractivity contribution in [2.45, 2.75) is 36.8 Å². The Morgan fingerprint density at radius 3 is 2.86 bits per heavy atom. The van der Waals surface area contributed by atoms with E-state index in [0.717, 1.165) is 34.5 Å². The average molecular weight is 305 g/mol. The van der Waals surface area contributed by atoms with Crippen LogP contribution in [0, 0.1) is 0 Å². The van der Waals surface area contributed by atoms with Gasteiger partial charge in [0.2, 0.25) is 0 Å². The zero-order chi connectivity index (χ0) is 15.3. The molecule has 0 spiro atoms. The van der Waals surface area contributed by atoms with E-state index < -0.39 is 11.5 Å². The SMILES string of the molecule is CC(N)(CCCCSc1ncnc2ccccc12)C(=O)O. The summed E-state index contributed by atoms with van der Waals surface area (Å²) in [7, 11) is 0. The minimum absolute atomic E-state index is 0.480. The molecule has 1 aromatic carbocycles. The summed E-state index contributed by atoms with van der Waals surface area (Å²) in [5.41, 5.74) is 5.51. The summed E-state index contributed by atoms with van der Waals surface area (Å²) >= 11 is 1.67. The minimum atomic E-state index is -1.13. The summed E-state index contributed by atoms with van der Waals surface area (Å²) in [4.78, 5) is 19.5. The molecule has 21 heavy (non-hydrogen) atoms. The lowest BCUT2D eigenvalue weighted by Gasteiger charge is -2.18. The maximum atomic E-state index is 10.9. The van der Waals surface area contributed by atoms with Crippen LogP contribution >= 0.6 is 11.8 Å². The molecule has 0 radical (unpaired) electrons. The average Bonchev–Trinajstić information content (AvgIpc) is 2.47. The third-order valence-electron chi connectivity index (χ3n) is 3.32. The third kappa shape index (κ3) is 4.15. The van der Waals surface area contributed by atoms with Crippen LogP contribution in [0.3, 0.4) is 0 Å². The Hall–Kier alpha value is -1.66. The van der Waals surface area contributed by atoms with Gasteiger partial charge in [0.05, 0.1) is 5.52 Å². The number of hydrogen-bond acceptors (Lipinski definition) is 5. The van der Waals surface area contributed by atoms with Gasteiger partial charge in [-0.1, -0.05) is 24.6 Å². The Labute approximate surface area is 128 Å². The number of aliphatic carboxylic acids is 1. The van der Waals surface area contributed by atoms with Gasteiger partial charge < -0.3 is 10.8 Å². The lowest BCUT2D eigenvalue weighted by Crippen LogP contribution is -2.44. The number of carbonyl (C=O) groups is 1. The smallest absolute Gasteiger partial charge is 0.323 e. The summed E-state index contributed by atoms with van der Waals surface area (Å²) in [5.74, 6) is -0.0616. The molecule has 1 heterocycles. The van der Waals surface area contributed by atoms with Gasteiger partial charge in [0, 0.05) is 5.39 Å². The van der Waals surface area contributed by atoms with Gasteiger partial charge in [-0.25, -0.2) is 9.97 Å². The van der Waals surface area contributed by atoms with E-state index in [9.17, 15) is 4.79 Å². The molecule has 112 valence electrons. The fourth-order valence-electron chi connectivity index (χ4n) is 1.97. The minimum Gasteiger partial charge on any atom is -0.480 e. The number of hydrogen-bond donors (Lipinski definition) is 2. The zero-order valence-electron chi connectivity index (χ0n) is 12.0. The van der Waals surface area contributed by atoms with Gasteiger partial charge in [-0.3, -0.25) is 4.79 Å². The van der Waals surface area contributed by atoms with E-state index >= 15 is 0 Å². The second-order valence-electron chi connectivity index (χ2n) is 5.22. The molecule has 0 saturated heterocycles. The van der Waals surface area contributed by atoms with Crippen molar-refractivity contribution in [3.63, 3.8) is 0 Å². The van der Waals surface area contributed by atoms with Crippen LogP contribution in [-0.4, -0.2) is 32.3 Å². The van der Waals surface area contributed by atoms with Crippen LogP contribution in [0.15, 0.2) is 35.6 Å². The van der Waals surface area contributed by atoms with Gasteiger partial charge in [0.1, 0.15) is 16.9 Å². The number of fused-ring (bicyclic) bond motifs is 1. The van der Waals surface area contributed by atoms with E-state index in [1.165, 1.54) is 0 Å². The molecule has 0 amide bonds. The van der Waals surface area contributed by atoms with Crippen molar-refractivity contribution in [2.75, 3.05) is 5.75 Å². The van der Waals surface area contributed by atoms with Crippen LogP contribution in [0.2, 0.25) is 0 Å². The number of nitrogens with zero attached hydrogens (tertiary/aromatic N) is 2. The number of unbranched alkanes of at least 4 members (excludes halogenated alkanes) is 1. The Morgan fingerprint density at radius 2 is 2.10 bits per heavy atom. The number of nitrogens with two attached hydrogens (primary N) is 1. The summed E-state index contributed by atoms with van der Waals surface area (Å²) in [6.07, 6.45) is 3.75. The van der Waals surface area contributed by atoms with Crippen LogP contribution in [0.1, 0.15) is 26.2 Å². The Morgan fingerprint density at radius 1 is 1.33 bits per heavy atom. The highest BCUT2D eigenvalue weighted by molar-refractivity contribution is 7.99. The van der Waals surface area contributed by atoms with Crippen molar-refractivity contribution in [1.29, 1.82) is 0 Å². The summed E-state index contributed by atoms with van der Waals surface area (Å²) < 4.78 is 0. The maximum Gasteiger partial charge on any atom is 0.323 e. The van der Waals surface area contributed by atoms with Gasteiger partial charge in [0.25, 0.3) is 0 Å². The molecule has 0 fully saturated rings. The maximum absolute atomic E-state index is 10.9. The number of carboxylic acid groups (broad SMARTS) is 1. The molecule has 2 aromatic rings. The standard InChI is InChI=1S/C15H19N3O2S/c1-15(16,14(19)20)8-4-5-9-21-13-11-6-2-3-7-12(11)17-10-18-13/h2-3,6-7,10H,4-5,8-9,16H2,1H3,(H,19,20). The first-order valence-corrected chi connectivity index (χ1v) is 7.84. The molecule has 1 unspecified atom stereocenters.